The van der Waals surface area contributed by atoms with Crippen LogP contribution in [0.2, 0.25) is 0 Å². The minimum absolute atomic E-state index is 0.163. The Bertz CT molecular complexity index is 465. The van der Waals surface area contributed by atoms with Gasteiger partial charge in [0, 0.05) is 12.7 Å². The van der Waals surface area contributed by atoms with Crippen LogP contribution in [0, 0.1) is 0 Å². The number of nitrogens with zero attached hydrogens (tertiary/aromatic N) is 2. The van der Waals surface area contributed by atoms with Gasteiger partial charge >= 0.3 is 5.97 Å². The van der Waals surface area contributed by atoms with E-state index in [-0.39, 0.29) is 12.0 Å². The molecule has 116 valence electrons. The van der Waals surface area contributed by atoms with Crippen LogP contribution in [0.3, 0.4) is 0 Å². The topological polar surface area (TPSA) is 51.7 Å². The molecule has 0 bridgehead atoms. The molecule has 0 aromatic carbocycles. The summed E-state index contributed by atoms with van der Waals surface area (Å²) in [5, 5.41) is 0. The first-order chi connectivity index (χ1) is 10.3. The van der Waals surface area contributed by atoms with Crippen LogP contribution >= 0.6 is 0 Å². The maximum absolute atomic E-state index is 12.2. The van der Waals surface area contributed by atoms with Crippen LogP contribution in [0.5, 0.6) is 5.75 Å². The lowest BCUT2D eigenvalue weighted by atomic mass is 10.0. The van der Waals surface area contributed by atoms with Crippen molar-refractivity contribution in [2.24, 2.45) is 0 Å². The van der Waals surface area contributed by atoms with Crippen molar-refractivity contribution in [1.29, 1.82) is 0 Å². The summed E-state index contributed by atoms with van der Waals surface area (Å²) in [4.78, 5) is 18.7. The van der Waals surface area contributed by atoms with Crippen LogP contribution in [0.1, 0.15) is 39.5 Å². The van der Waals surface area contributed by atoms with Crippen molar-refractivity contribution in [2.45, 2.75) is 45.6 Å². The lowest BCUT2D eigenvalue weighted by molar-refractivity contribution is -0.145. The molecule has 1 aromatic rings. The van der Waals surface area contributed by atoms with E-state index in [4.69, 9.17) is 9.47 Å². The Morgan fingerprint density at radius 2 is 2.29 bits per heavy atom. The predicted molar refractivity (Wildman–Crippen MR) is 81.6 cm³/mol. The first-order valence-corrected chi connectivity index (χ1v) is 7.79. The van der Waals surface area contributed by atoms with Crippen molar-refractivity contribution in [3.8, 4) is 5.75 Å². The van der Waals surface area contributed by atoms with Gasteiger partial charge in [-0.15, -0.1) is 0 Å². The quantitative estimate of drug-likeness (QED) is 0.755. The average molecular weight is 292 g/mol. The summed E-state index contributed by atoms with van der Waals surface area (Å²) in [6.45, 7) is 5.77. The van der Waals surface area contributed by atoms with Crippen LogP contribution in [0.4, 0.5) is 5.82 Å². The number of carbonyl (C=O) groups is 1. The molecule has 0 spiro atoms. The van der Waals surface area contributed by atoms with Crippen LogP contribution < -0.4 is 9.64 Å². The Morgan fingerprint density at radius 1 is 1.43 bits per heavy atom. The molecule has 21 heavy (non-hydrogen) atoms. The second-order valence-electron chi connectivity index (χ2n) is 5.13. The number of piperidine rings is 1. The predicted octanol–water partition coefficient (Wildman–Crippen LogP) is 2.79. The molecule has 1 aromatic heterocycles. The summed E-state index contributed by atoms with van der Waals surface area (Å²) < 4.78 is 11.0. The molecule has 0 radical (unpaired) electrons. The molecule has 1 aliphatic rings. The van der Waals surface area contributed by atoms with Gasteiger partial charge in [-0.1, -0.05) is 6.92 Å². The summed E-state index contributed by atoms with van der Waals surface area (Å²) in [6.07, 6.45) is 5.58. The highest BCUT2D eigenvalue weighted by Crippen LogP contribution is 2.31. The standard InChI is InChI=1S/C16H24N2O3/c1-3-12-21-14-9-7-10-17-15(14)18-11-6-5-8-13(18)16(19)20-4-2/h7,9-10,13H,3-6,8,11-12H2,1-2H3. The van der Waals surface area contributed by atoms with E-state index in [1.165, 1.54) is 0 Å². The number of hydrogen-bond acceptors (Lipinski definition) is 5. The van der Waals surface area contributed by atoms with Gasteiger partial charge in [0.2, 0.25) is 0 Å². The van der Waals surface area contributed by atoms with E-state index in [1.807, 2.05) is 24.0 Å². The molecule has 5 nitrogen and oxygen atoms in total. The molecule has 2 rings (SSSR count). The van der Waals surface area contributed by atoms with Gasteiger partial charge in [-0.25, -0.2) is 9.78 Å². The lowest BCUT2D eigenvalue weighted by Gasteiger charge is -2.35. The fraction of sp³-hybridized carbons (Fsp3) is 0.625. The Balaban J connectivity index is 2.22. The first-order valence-electron chi connectivity index (χ1n) is 7.79. The van der Waals surface area contributed by atoms with E-state index >= 15 is 0 Å². The van der Waals surface area contributed by atoms with Crippen LogP contribution in [-0.2, 0) is 9.53 Å². The Hall–Kier alpha value is -1.78. The third-order valence-electron chi connectivity index (χ3n) is 3.55. The Morgan fingerprint density at radius 3 is 3.05 bits per heavy atom. The fourth-order valence-electron chi connectivity index (χ4n) is 2.59. The van der Waals surface area contributed by atoms with Crippen molar-refractivity contribution in [1.82, 2.24) is 4.98 Å². The van der Waals surface area contributed by atoms with Gasteiger partial charge in [0.05, 0.1) is 13.2 Å². The average Bonchev–Trinajstić information content (AvgIpc) is 2.53. The maximum atomic E-state index is 12.2. The number of ether oxygens (including phenoxy) is 2. The van der Waals surface area contributed by atoms with E-state index in [0.29, 0.717) is 13.2 Å². The van der Waals surface area contributed by atoms with Gasteiger partial charge in [-0.3, -0.25) is 0 Å². The molecule has 0 aliphatic carbocycles. The van der Waals surface area contributed by atoms with Crippen LogP contribution in [0.15, 0.2) is 18.3 Å². The summed E-state index contributed by atoms with van der Waals surface area (Å²) in [7, 11) is 0. The number of esters is 1. The molecule has 1 fully saturated rings. The number of aromatic nitrogens is 1. The molecule has 2 heterocycles. The molecule has 1 aliphatic heterocycles. The minimum atomic E-state index is -0.252. The smallest absolute Gasteiger partial charge is 0.328 e. The third kappa shape index (κ3) is 3.86. The van der Waals surface area contributed by atoms with Gasteiger partial charge in [0.15, 0.2) is 11.6 Å². The molecule has 1 saturated heterocycles. The number of rotatable bonds is 6. The van der Waals surface area contributed by atoms with Crippen molar-refractivity contribution in [2.75, 3.05) is 24.7 Å². The zero-order valence-corrected chi connectivity index (χ0v) is 12.9. The van der Waals surface area contributed by atoms with E-state index in [0.717, 1.165) is 43.8 Å². The molecule has 5 heteroatoms. The zero-order valence-electron chi connectivity index (χ0n) is 12.9. The Kier molecular flexibility index (Phi) is 5.84. The van der Waals surface area contributed by atoms with Gasteiger partial charge < -0.3 is 14.4 Å². The van der Waals surface area contributed by atoms with Gasteiger partial charge in [-0.2, -0.15) is 0 Å². The number of hydrogen-bond donors (Lipinski definition) is 0. The molecular formula is C16H24N2O3. The molecular weight excluding hydrogens is 268 g/mol. The van der Waals surface area contributed by atoms with Crippen molar-refractivity contribution >= 4 is 11.8 Å². The zero-order chi connectivity index (χ0) is 15.1. The van der Waals surface area contributed by atoms with Crippen molar-refractivity contribution in [3.05, 3.63) is 18.3 Å². The minimum Gasteiger partial charge on any atom is -0.490 e. The molecule has 0 N–H and O–H groups in total. The second kappa shape index (κ2) is 7.86. The molecule has 0 amide bonds. The summed E-state index contributed by atoms with van der Waals surface area (Å²) in [5.74, 6) is 1.34. The van der Waals surface area contributed by atoms with E-state index < -0.39 is 0 Å². The van der Waals surface area contributed by atoms with Gasteiger partial charge in [-0.05, 0) is 44.7 Å². The lowest BCUT2D eigenvalue weighted by Crippen LogP contribution is -2.46. The normalized spacial score (nSPS) is 18.4. The van der Waals surface area contributed by atoms with E-state index in [2.05, 4.69) is 11.9 Å². The molecule has 1 unspecified atom stereocenters. The number of pyridine rings is 1. The largest absolute Gasteiger partial charge is 0.490 e. The summed E-state index contributed by atoms with van der Waals surface area (Å²) >= 11 is 0. The van der Waals surface area contributed by atoms with Crippen molar-refractivity contribution < 1.29 is 14.3 Å². The molecule has 0 saturated carbocycles. The monoisotopic (exact) mass is 292 g/mol. The Labute approximate surface area is 126 Å². The number of anilines is 1. The molecule has 1 atom stereocenters. The van der Waals surface area contributed by atoms with Gasteiger partial charge in [0.25, 0.3) is 0 Å². The highest BCUT2D eigenvalue weighted by molar-refractivity contribution is 5.80. The second-order valence-corrected chi connectivity index (χ2v) is 5.13. The van der Waals surface area contributed by atoms with E-state index in [1.54, 1.807) is 6.20 Å². The van der Waals surface area contributed by atoms with E-state index in [9.17, 15) is 4.79 Å². The van der Waals surface area contributed by atoms with Crippen molar-refractivity contribution in [3.63, 3.8) is 0 Å². The first kappa shape index (κ1) is 15.6. The van der Waals surface area contributed by atoms with Crippen LogP contribution in [0.25, 0.3) is 0 Å². The summed E-state index contributed by atoms with van der Waals surface area (Å²) in [6, 6.07) is 3.52. The third-order valence-corrected chi connectivity index (χ3v) is 3.55. The number of carbonyl (C=O) groups excluding carboxylic acids is 1. The van der Waals surface area contributed by atoms with Gasteiger partial charge in [0.1, 0.15) is 6.04 Å². The highest BCUT2D eigenvalue weighted by atomic mass is 16.5. The SMILES string of the molecule is CCCOc1cccnc1N1CCCCC1C(=O)OCC. The fourth-order valence-corrected chi connectivity index (χ4v) is 2.59. The highest BCUT2D eigenvalue weighted by Gasteiger charge is 2.32. The summed E-state index contributed by atoms with van der Waals surface area (Å²) in [5.41, 5.74) is 0. The van der Waals surface area contributed by atoms with Crippen LogP contribution in [-0.4, -0.2) is 36.8 Å². The maximum Gasteiger partial charge on any atom is 0.328 e.